The molecule has 0 unspecified atom stereocenters. The summed E-state index contributed by atoms with van der Waals surface area (Å²) in [5.74, 6) is 0. The molecule has 262 valence electrons. The van der Waals surface area contributed by atoms with Crippen molar-refractivity contribution < 1.29 is 4.42 Å². The molecule has 0 saturated heterocycles. The Morgan fingerprint density at radius 1 is 0.268 bits per heavy atom. The Balaban J connectivity index is 1.03. The highest BCUT2D eigenvalue weighted by molar-refractivity contribution is 6.14. The molecule has 0 aliphatic rings. The standard InChI is InChI=1S/C54H35NO/c1-2-11-39-32-40(21-20-36(39)10-1)37-22-27-44(28-23-37)55(45-29-24-38(25-30-45)41-26-31-54-52(34-41)50-18-7-8-19-53(50)56-54)46-14-9-13-42(33-46)51-35-43-12-3-4-15-47(43)48-16-5-6-17-49(48)51/h1-35H. The Kier molecular flexibility index (Phi) is 7.53. The first-order valence-electron chi connectivity index (χ1n) is 19.2. The molecule has 1 heterocycles. The summed E-state index contributed by atoms with van der Waals surface area (Å²) in [5.41, 5.74) is 12.2. The molecule has 2 nitrogen and oxygen atoms in total. The van der Waals surface area contributed by atoms with Gasteiger partial charge in [0.15, 0.2) is 0 Å². The van der Waals surface area contributed by atoms with Crippen LogP contribution in [0.25, 0.3) is 87.6 Å². The Morgan fingerprint density at radius 3 is 1.61 bits per heavy atom. The normalized spacial score (nSPS) is 11.6. The number of para-hydroxylation sites is 1. The van der Waals surface area contributed by atoms with Crippen LogP contribution in [0.15, 0.2) is 217 Å². The average molecular weight is 714 g/mol. The van der Waals surface area contributed by atoms with Crippen LogP contribution < -0.4 is 4.90 Å². The molecule has 10 aromatic carbocycles. The highest BCUT2D eigenvalue weighted by Crippen LogP contribution is 2.41. The van der Waals surface area contributed by atoms with Crippen molar-refractivity contribution in [1.29, 1.82) is 0 Å². The Hall–Kier alpha value is -7.42. The Bertz CT molecular complexity index is 3250. The molecule has 0 fully saturated rings. The summed E-state index contributed by atoms with van der Waals surface area (Å²) in [5, 5.41) is 9.80. The van der Waals surface area contributed by atoms with Crippen LogP contribution >= 0.6 is 0 Å². The SMILES string of the molecule is c1cc(-c2cc3ccccc3c3ccccc23)cc(N(c2ccc(-c3ccc4ccccc4c3)cc2)c2ccc(-c3ccc4oc5ccccc5c4c3)cc2)c1. The minimum Gasteiger partial charge on any atom is -0.456 e. The zero-order valence-corrected chi connectivity index (χ0v) is 30.6. The molecule has 0 atom stereocenters. The molecular weight excluding hydrogens is 679 g/mol. The second kappa shape index (κ2) is 13.2. The number of nitrogens with zero attached hydrogens (tertiary/aromatic N) is 1. The van der Waals surface area contributed by atoms with Gasteiger partial charge in [-0.1, -0.05) is 146 Å². The molecule has 56 heavy (non-hydrogen) atoms. The van der Waals surface area contributed by atoms with Crippen molar-refractivity contribution in [3.05, 3.63) is 212 Å². The lowest BCUT2D eigenvalue weighted by Crippen LogP contribution is -2.10. The summed E-state index contributed by atoms with van der Waals surface area (Å²) < 4.78 is 6.13. The van der Waals surface area contributed by atoms with Gasteiger partial charge in [0.25, 0.3) is 0 Å². The molecule has 2 heteroatoms. The molecule has 0 bridgehead atoms. The van der Waals surface area contributed by atoms with Gasteiger partial charge in [0.2, 0.25) is 0 Å². The summed E-state index contributed by atoms with van der Waals surface area (Å²) in [6.07, 6.45) is 0. The molecule has 1 aromatic heterocycles. The minimum absolute atomic E-state index is 0.906. The maximum absolute atomic E-state index is 6.13. The van der Waals surface area contributed by atoms with Gasteiger partial charge in [-0.15, -0.1) is 0 Å². The van der Waals surface area contributed by atoms with Crippen molar-refractivity contribution in [2.45, 2.75) is 0 Å². The van der Waals surface area contributed by atoms with Crippen molar-refractivity contribution in [2.24, 2.45) is 0 Å². The van der Waals surface area contributed by atoms with Crippen LogP contribution in [0.2, 0.25) is 0 Å². The van der Waals surface area contributed by atoms with Crippen LogP contribution in [0.4, 0.5) is 17.1 Å². The van der Waals surface area contributed by atoms with E-state index in [4.69, 9.17) is 4.42 Å². The molecule has 0 radical (unpaired) electrons. The van der Waals surface area contributed by atoms with E-state index in [1.54, 1.807) is 0 Å². The van der Waals surface area contributed by atoms with Gasteiger partial charge in [0, 0.05) is 27.8 Å². The molecule has 0 N–H and O–H groups in total. The third kappa shape index (κ3) is 5.51. The number of benzene rings is 10. The van der Waals surface area contributed by atoms with Gasteiger partial charge in [-0.05, 0) is 132 Å². The Labute approximate surface area is 325 Å². The number of hydrogen-bond donors (Lipinski definition) is 0. The van der Waals surface area contributed by atoms with Gasteiger partial charge >= 0.3 is 0 Å². The van der Waals surface area contributed by atoms with Crippen molar-refractivity contribution >= 4 is 71.3 Å². The molecule has 0 aliphatic carbocycles. The maximum Gasteiger partial charge on any atom is 0.135 e. The minimum atomic E-state index is 0.906. The van der Waals surface area contributed by atoms with Crippen LogP contribution in [0.1, 0.15) is 0 Å². The monoisotopic (exact) mass is 713 g/mol. The topological polar surface area (TPSA) is 16.4 Å². The van der Waals surface area contributed by atoms with E-state index >= 15 is 0 Å². The molecular formula is C54H35NO. The number of fused-ring (bicyclic) bond motifs is 7. The zero-order chi connectivity index (χ0) is 37.0. The molecule has 0 amide bonds. The van der Waals surface area contributed by atoms with Gasteiger partial charge in [0.1, 0.15) is 11.2 Å². The van der Waals surface area contributed by atoms with Gasteiger partial charge in [0.05, 0.1) is 0 Å². The van der Waals surface area contributed by atoms with E-state index in [0.717, 1.165) is 50.1 Å². The maximum atomic E-state index is 6.13. The summed E-state index contributed by atoms with van der Waals surface area (Å²) in [4.78, 5) is 2.37. The van der Waals surface area contributed by atoms with E-state index in [0.29, 0.717) is 0 Å². The Morgan fingerprint density at radius 2 is 0.839 bits per heavy atom. The van der Waals surface area contributed by atoms with Crippen LogP contribution in [-0.4, -0.2) is 0 Å². The summed E-state index contributed by atoms with van der Waals surface area (Å²) >= 11 is 0. The van der Waals surface area contributed by atoms with Crippen molar-refractivity contribution in [3.8, 4) is 33.4 Å². The van der Waals surface area contributed by atoms with Gasteiger partial charge < -0.3 is 9.32 Å². The number of hydrogen-bond acceptors (Lipinski definition) is 2. The van der Waals surface area contributed by atoms with E-state index in [2.05, 4.69) is 205 Å². The van der Waals surface area contributed by atoms with Gasteiger partial charge in [-0.25, -0.2) is 0 Å². The van der Waals surface area contributed by atoms with E-state index < -0.39 is 0 Å². The van der Waals surface area contributed by atoms with Gasteiger partial charge in [-0.2, -0.15) is 0 Å². The highest BCUT2D eigenvalue weighted by atomic mass is 16.3. The predicted octanol–water partition coefficient (Wildman–Crippen LogP) is 15.5. The van der Waals surface area contributed by atoms with Crippen molar-refractivity contribution in [3.63, 3.8) is 0 Å². The lowest BCUT2D eigenvalue weighted by molar-refractivity contribution is 0.669. The smallest absolute Gasteiger partial charge is 0.135 e. The first-order valence-corrected chi connectivity index (χ1v) is 19.2. The third-order valence-electron chi connectivity index (χ3n) is 11.2. The van der Waals surface area contributed by atoms with E-state index in [9.17, 15) is 0 Å². The highest BCUT2D eigenvalue weighted by Gasteiger charge is 2.16. The fourth-order valence-electron chi connectivity index (χ4n) is 8.43. The van der Waals surface area contributed by atoms with E-state index in [-0.39, 0.29) is 0 Å². The second-order valence-corrected chi connectivity index (χ2v) is 14.5. The van der Waals surface area contributed by atoms with Crippen LogP contribution in [0.3, 0.4) is 0 Å². The molecule has 11 rings (SSSR count). The number of rotatable bonds is 6. The fourth-order valence-corrected chi connectivity index (χ4v) is 8.43. The van der Waals surface area contributed by atoms with Crippen LogP contribution in [0, 0.1) is 0 Å². The predicted molar refractivity (Wildman–Crippen MR) is 237 cm³/mol. The summed E-state index contributed by atoms with van der Waals surface area (Å²) in [6, 6.07) is 76.7. The summed E-state index contributed by atoms with van der Waals surface area (Å²) in [7, 11) is 0. The van der Waals surface area contributed by atoms with Crippen LogP contribution in [-0.2, 0) is 0 Å². The lowest BCUT2D eigenvalue weighted by atomic mass is 9.93. The molecule has 0 aliphatic heterocycles. The quantitative estimate of drug-likeness (QED) is 0.160. The lowest BCUT2D eigenvalue weighted by Gasteiger charge is -2.26. The molecule has 11 aromatic rings. The number of anilines is 3. The number of furan rings is 1. The van der Waals surface area contributed by atoms with Gasteiger partial charge in [-0.3, -0.25) is 0 Å². The molecule has 0 saturated carbocycles. The second-order valence-electron chi connectivity index (χ2n) is 14.5. The van der Waals surface area contributed by atoms with Crippen molar-refractivity contribution in [1.82, 2.24) is 0 Å². The van der Waals surface area contributed by atoms with Crippen LogP contribution in [0.5, 0.6) is 0 Å². The van der Waals surface area contributed by atoms with E-state index in [1.165, 1.54) is 54.6 Å². The zero-order valence-electron chi connectivity index (χ0n) is 30.6. The average Bonchev–Trinajstić information content (AvgIpc) is 3.65. The fraction of sp³-hybridized carbons (Fsp3) is 0. The first-order chi connectivity index (χ1) is 27.7. The first kappa shape index (κ1) is 32.0. The summed E-state index contributed by atoms with van der Waals surface area (Å²) in [6.45, 7) is 0. The third-order valence-corrected chi connectivity index (χ3v) is 11.2. The van der Waals surface area contributed by atoms with Crippen molar-refractivity contribution in [2.75, 3.05) is 4.90 Å². The molecule has 0 spiro atoms. The van der Waals surface area contributed by atoms with E-state index in [1.807, 2.05) is 12.1 Å². The largest absolute Gasteiger partial charge is 0.456 e.